The summed E-state index contributed by atoms with van der Waals surface area (Å²) >= 11 is 0. The maximum atomic E-state index is 4.22. The molecule has 4 nitrogen and oxygen atoms in total. The Kier molecular flexibility index (Phi) is 0.869. The van der Waals surface area contributed by atoms with Crippen molar-refractivity contribution in [2.24, 2.45) is 0 Å². The van der Waals surface area contributed by atoms with Crippen molar-refractivity contribution in [3.8, 4) is 0 Å². The molecule has 0 fully saturated rings. The molecule has 2 aromatic rings. The molecule has 52 valence electrons. The molecule has 2 aromatic heterocycles. The lowest BCUT2D eigenvalue weighted by molar-refractivity contribution is 1.05. The van der Waals surface area contributed by atoms with Crippen molar-refractivity contribution in [3.05, 3.63) is 17.7 Å². The Hall–Kier alpha value is -1.32. The Balaban J connectivity index is 2.95. The highest BCUT2D eigenvalue weighted by atomic mass is 15.3. The van der Waals surface area contributed by atoms with Crippen molar-refractivity contribution in [2.75, 3.05) is 0 Å². The van der Waals surface area contributed by atoms with Crippen LogP contribution in [0.2, 0.25) is 0 Å². The smallest absolute Gasteiger partial charge is 0.229 e. The molecule has 4 heteroatoms. The van der Waals surface area contributed by atoms with E-state index in [1.807, 2.05) is 18.2 Å². The quantitative estimate of drug-likeness (QED) is 0.578. The average molecular weight is 136 g/mol. The van der Waals surface area contributed by atoms with Gasteiger partial charge in [-0.25, -0.2) is 10.1 Å². The molecule has 2 rings (SSSR count). The highest BCUT2D eigenvalue weighted by Crippen LogP contribution is 2.06. The SMILES string of the molecule is Cc1nc2[nH]ncn2c1C. The Morgan fingerprint density at radius 1 is 1.50 bits per heavy atom. The van der Waals surface area contributed by atoms with Gasteiger partial charge >= 0.3 is 0 Å². The molecule has 10 heavy (non-hydrogen) atoms. The first kappa shape index (κ1) is 5.46. The molecule has 0 aliphatic rings. The van der Waals surface area contributed by atoms with E-state index in [0.29, 0.717) is 0 Å². The van der Waals surface area contributed by atoms with Gasteiger partial charge in [0.2, 0.25) is 5.78 Å². The highest BCUT2D eigenvalue weighted by molar-refractivity contribution is 5.32. The minimum absolute atomic E-state index is 0.815. The van der Waals surface area contributed by atoms with Crippen LogP contribution in [-0.2, 0) is 0 Å². The third kappa shape index (κ3) is 0.504. The standard InChI is InChI=1S/C6H8N4/c1-4-5(2)10-3-7-9-6(10)8-4/h3H,1-2H3,(H,8,9). The monoisotopic (exact) mass is 136 g/mol. The third-order valence-electron chi connectivity index (χ3n) is 1.72. The first-order valence-electron chi connectivity index (χ1n) is 3.13. The van der Waals surface area contributed by atoms with Gasteiger partial charge in [-0.3, -0.25) is 4.40 Å². The number of H-pyrrole nitrogens is 1. The van der Waals surface area contributed by atoms with E-state index in [-0.39, 0.29) is 0 Å². The number of aromatic nitrogens is 4. The molecule has 0 bridgehead atoms. The van der Waals surface area contributed by atoms with Crippen molar-refractivity contribution in [3.63, 3.8) is 0 Å². The van der Waals surface area contributed by atoms with Gasteiger partial charge in [0.05, 0.1) is 5.69 Å². The molecule has 0 aromatic carbocycles. The van der Waals surface area contributed by atoms with Crippen LogP contribution < -0.4 is 0 Å². The number of imidazole rings is 1. The summed E-state index contributed by atoms with van der Waals surface area (Å²) in [6, 6.07) is 0. The highest BCUT2D eigenvalue weighted by Gasteiger charge is 2.02. The number of rotatable bonds is 0. The van der Waals surface area contributed by atoms with Gasteiger partial charge in [0, 0.05) is 5.69 Å². The lowest BCUT2D eigenvalue weighted by Crippen LogP contribution is -1.81. The van der Waals surface area contributed by atoms with E-state index in [0.717, 1.165) is 17.2 Å². The number of nitrogens with one attached hydrogen (secondary N) is 1. The fourth-order valence-electron chi connectivity index (χ4n) is 0.991. The zero-order valence-electron chi connectivity index (χ0n) is 5.92. The van der Waals surface area contributed by atoms with E-state index in [9.17, 15) is 0 Å². The van der Waals surface area contributed by atoms with E-state index in [1.165, 1.54) is 0 Å². The van der Waals surface area contributed by atoms with Crippen molar-refractivity contribution < 1.29 is 0 Å². The van der Waals surface area contributed by atoms with Gasteiger partial charge in [0.25, 0.3) is 0 Å². The first-order chi connectivity index (χ1) is 4.79. The van der Waals surface area contributed by atoms with E-state index in [1.54, 1.807) is 6.33 Å². The lowest BCUT2D eigenvalue weighted by atomic mass is 10.4. The Bertz CT molecular complexity index is 357. The van der Waals surface area contributed by atoms with Crippen LogP contribution in [0.15, 0.2) is 6.33 Å². The van der Waals surface area contributed by atoms with Crippen LogP contribution >= 0.6 is 0 Å². The summed E-state index contributed by atoms with van der Waals surface area (Å²) in [7, 11) is 0. The number of fused-ring (bicyclic) bond motifs is 1. The second-order valence-electron chi connectivity index (χ2n) is 2.33. The largest absolute Gasteiger partial charge is 0.270 e. The maximum Gasteiger partial charge on any atom is 0.229 e. The summed E-state index contributed by atoms with van der Waals surface area (Å²) in [5, 5.41) is 6.62. The molecule has 0 radical (unpaired) electrons. The minimum Gasteiger partial charge on any atom is -0.270 e. The van der Waals surface area contributed by atoms with E-state index >= 15 is 0 Å². The van der Waals surface area contributed by atoms with Crippen LogP contribution in [0, 0.1) is 13.8 Å². The predicted molar refractivity (Wildman–Crippen MR) is 36.8 cm³/mol. The number of hydrogen-bond donors (Lipinski definition) is 1. The van der Waals surface area contributed by atoms with Crippen molar-refractivity contribution in [1.29, 1.82) is 0 Å². The fourth-order valence-corrected chi connectivity index (χ4v) is 0.991. The molecular formula is C6H8N4. The summed E-state index contributed by atoms with van der Waals surface area (Å²) in [6.07, 6.45) is 1.73. The molecule has 0 atom stereocenters. The number of nitrogens with zero attached hydrogens (tertiary/aromatic N) is 3. The normalized spacial score (nSPS) is 11.0. The fraction of sp³-hybridized carbons (Fsp3) is 0.333. The van der Waals surface area contributed by atoms with Crippen LogP contribution in [-0.4, -0.2) is 19.6 Å². The Labute approximate surface area is 57.9 Å². The summed E-state index contributed by atoms with van der Waals surface area (Å²) in [5.74, 6) is 0.815. The predicted octanol–water partition coefficient (Wildman–Crippen LogP) is 0.674. The second kappa shape index (κ2) is 1.59. The third-order valence-corrected chi connectivity index (χ3v) is 1.72. The summed E-state index contributed by atoms with van der Waals surface area (Å²) in [5.41, 5.74) is 2.19. The number of aryl methyl sites for hydroxylation is 2. The van der Waals surface area contributed by atoms with Crippen LogP contribution in [0.3, 0.4) is 0 Å². The van der Waals surface area contributed by atoms with Gasteiger partial charge < -0.3 is 0 Å². The summed E-state index contributed by atoms with van der Waals surface area (Å²) in [6.45, 7) is 4.00. The van der Waals surface area contributed by atoms with Crippen LogP contribution in [0.1, 0.15) is 11.4 Å². The molecule has 0 amide bonds. The zero-order valence-corrected chi connectivity index (χ0v) is 5.92. The molecule has 1 N–H and O–H groups in total. The summed E-state index contributed by atoms with van der Waals surface area (Å²) in [4.78, 5) is 4.22. The van der Waals surface area contributed by atoms with E-state index in [4.69, 9.17) is 0 Å². The molecule has 0 aliphatic heterocycles. The van der Waals surface area contributed by atoms with Crippen molar-refractivity contribution in [2.45, 2.75) is 13.8 Å². The van der Waals surface area contributed by atoms with Gasteiger partial charge in [-0.15, -0.1) is 0 Å². The van der Waals surface area contributed by atoms with Crippen molar-refractivity contribution >= 4 is 5.78 Å². The van der Waals surface area contributed by atoms with Crippen LogP contribution in [0.25, 0.3) is 5.78 Å². The molecule has 2 heterocycles. The van der Waals surface area contributed by atoms with Crippen LogP contribution in [0.4, 0.5) is 0 Å². The second-order valence-corrected chi connectivity index (χ2v) is 2.33. The van der Waals surface area contributed by atoms with Crippen molar-refractivity contribution in [1.82, 2.24) is 19.6 Å². The molecule has 0 saturated carbocycles. The van der Waals surface area contributed by atoms with Gasteiger partial charge in [0.15, 0.2) is 0 Å². The zero-order chi connectivity index (χ0) is 7.14. The average Bonchev–Trinajstić information content (AvgIpc) is 2.41. The van der Waals surface area contributed by atoms with Gasteiger partial charge in [-0.05, 0) is 13.8 Å². The van der Waals surface area contributed by atoms with E-state index in [2.05, 4.69) is 15.2 Å². The molecule has 0 saturated heterocycles. The van der Waals surface area contributed by atoms with Crippen LogP contribution in [0.5, 0.6) is 0 Å². The number of aromatic amines is 1. The first-order valence-corrected chi connectivity index (χ1v) is 3.13. The lowest BCUT2D eigenvalue weighted by Gasteiger charge is -1.84. The van der Waals surface area contributed by atoms with E-state index < -0.39 is 0 Å². The summed E-state index contributed by atoms with van der Waals surface area (Å²) < 4.78 is 1.93. The van der Waals surface area contributed by atoms with Gasteiger partial charge in [-0.2, -0.15) is 5.10 Å². The molecule has 0 unspecified atom stereocenters. The molecule has 0 spiro atoms. The number of hydrogen-bond acceptors (Lipinski definition) is 2. The van der Waals surface area contributed by atoms with Gasteiger partial charge in [0.1, 0.15) is 6.33 Å². The Morgan fingerprint density at radius 2 is 2.30 bits per heavy atom. The maximum absolute atomic E-state index is 4.22. The Morgan fingerprint density at radius 3 is 3.00 bits per heavy atom. The molecule has 0 aliphatic carbocycles. The topological polar surface area (TPSA) is 46.0 Å². The van der Waals surface area contributed by atoms with Gasteiger partial charge in [-0.1, -0.05) is 0 Å². The molecular weight excluding hydrogens is 128 g/mol. The minimum atomic E-state index is 0.815.